The average Bonchev–Trinajstić information content (AvgIpc) is 3.09. The Balaban J connectivity index is 1.55. The quantitative estimate of drug-likeness (QED) is 0.903. The molecule has 134 valence electrons. The summed E-state index contributed by atoms with van der Waals surface area (Å²) in [5, 5.41) is 7.01. The predicted molar refractivity (Wildman–Crippen MR) is 95.9 cm³/mol. The number of hydrogen-bond acceptors (Lipinski definition) is 5. The third kappa shape index (κ3) is 4.57. The monoisotopic (exact) mass is 343 g/mol. The van der Waals surface area contributed by atoms with Crippen LogP contribution in [-0.4, -0.2) is 51.8 Å². The highest BCUT2D eigenvalue weighted by Gasteiger charge is 2.18. The van der Waals surface area contributed by atoms with Crippen molar-refractivity contribution in [3.8, 4) is 5.88 Å². The molecule has 3 rings (SSSR count). The van der Waals surface area contributed by atoms with Gasteiger partial charge in [-0.15, -0.1) is 0 Å². The third-order valence-corrected chi connectivity index (χ3v) is 4.34. The molecule has 7 nitrogen and oxygen atoms in total. The first kappa shape index (κ1) is 17.4. The van der Waals surface area contributed by atoms with Crippen molar-refractivity contribution in [1.29, 1.82) is 0 Å². The molecule has 1 saturated heterocycles. The molecule has 0 radical (unpaired) electrons. The predicted octanol–water partition coefficient (Wildman–Crippen LogP) is 2.58. The fourth-order valence-corrected chi connectivity index (χ4v) is 2.74. The molecule has 1 aliphatic heterocycles. The first-order chi connectivity index (χ1) is 12.0. The molecule has 0 bridgehead atoms. The third-order valence-electron chi connectivity index (χ3n) is 4.34. The maximum absolute atomic E-state index is 12.3. The van der Waals surface area contributed by atoms with E-state index in [9.17, 15) is 4.79 Å². The molecule has 2 aromatic rings. The number of nitrogens with one attached hydrogen (secondary N) is 1. The van der Waals surface area contributed by atoms with Gasteiger partial charge in [-0.2, -0.15) is 5.10 Å². The Morgan fingerprint density at radius 2 is 2.04 bits per heavy atom. The van der Waals surface area contributed by atoms with Crippen LogP contribution in [0.25, 0.3) is 0 Å². The number of aromatic nitrogens is 3. The van der Waals surface area contributed by atoms with Crippen molar-refractivity contribution >= 4 is 11.6 Å². The molecule has 0 aliphatic carbocycles. The van der Waals surface area contributed by atoms with Crippen LogP contribution in [-0.2, 0) is 0 Å². The molecule has 25 heavy (non-hydrogen) atoms. The number of anilines is 1. The lowest BCUT2D eigenvalue weighted by Gasteiger charge is -2.28. The van der Waals surface area contributed by atoms with Crippen LogP contribution in [0.15, 0.2) is 30.7 Å². The van der Waals surface area contributed by atoms with Crippen molar-refractivity contribution in [2.24, 2.45) is 0 Å². The highest BCUT2D eigenvalue weighted by atomic mass is 16.5. The van der Waals surface area contributed by atoms with Crippen molar-refractivity contribution in [2.75, 3.05) is 25.5 Å². The van der Waals surface area contributed by atoms with Gasteiger partial charge in [-0.05, 0) is 39.8 Å². The second kappa shape index (κ2) is 7.65. The zero-order chi connectivity index (χ0) is 17.8. The molecule has 1 fully saturated rings. The molecule has 3 heterocycles. The lowest BCUT2D eigenvalue weighted by molar-refractivity contribution is 0.102. The number of pyridine rings is 1. The molecular weight excluding hydrogens is 318 g/mol. The molecule has 0 aromatic carbocycles. The average molecular weight is 343 g/mol. The number of hydrogen-bond donors (Lipinski definition) is 1. The van der Waals surface area contributed by atoms with Gasteiger partial charge in [0, 0.05) is 31.4 Å². The summed E-state index contributed by atoms with van der Waals surface area (Å²) in [6, 6.07) is 3.83. The lowest BCUT2D eigenvalue weighted by atomic mass is 10.1. The number of rotatable bonds is 5. The number of piperidine rings is 1. The molecule has 0 unspecified atom stereocenters. The van der Waals surface area contributed by atoms with Gasteiger partial charge < -0.3 is 15.0 Å². The number of nitrogens with zero attached hydrogens (tertiary/aromatic N) is 4. The number of likely N-dealkylation sites (tertiary alicyclic amines) is 1. The molecule has 0 saturated carbocycles. The summed E-state index contributed by atoms with van der Waals surface area (Å²) >= 11 is 0. The van der Waals surface area contributed by atoms with E-state index in [1.54, 1.807) is 29.3 Å². The Kier molecular flexibility index (Phi) is 5.33. The van der Waals surface area contributed by atoms with Crippen molar-refractivity contribution in [3.63, 3.8) is 0 Å². The second-order valence-corrected chi connectivity index (χ2v) is 6.76. The van der Waals surface area contributed by atoms with Gasteiger partial charge in [0.1, 0.15) is 6.10 Å². The summed E-state index contributed by atoms with van der Waals surface area (Å²) < 4.78 is 7.67. The first-order valence-electron chi connectivity index (χ1n) is 8.68. The van der Waals surface area contributed by atoms with E-state index in [4.69, 9.17) is 4.74 Å². The van der Waals surface area contributed by atoms with Gasteiger partial charge in [0.25, 0.3) is 5.91 Å². The Morgan fingerprint density at radius 1 is 1.28 bits per heavy atom. The van der Waals surface area contributed by atoms with Crippen LogP contribution in [0, 0.1) is 0 Å². The van der Waals surface area contributed by atoms with Crippen LogP contribution < -0.4 is 10.1 Å². The van der Waals surface area contributed by atoms with E-state index in [-0.39, 0.29) is 18.1 Å². The first-order valence-corrected chi connectivity index (χ1v) is 8.68. The minimum absolute atomic E-state index is 0.197. The minimum atomic E-state index is -0.197. The highest BCUT2D eigenvalue weighted by molar-refractivity contribution is 6.03. The zero-order valence-electron chi connectivity index (χ0n) is 15.0. The second-order valence-electron chi connectivity index (χ2n) is 6.76. The van der Waals surface area contributed by atoms with Crippen LogP contribution in [0.1, 0.15) is 43.1 Å². The van der Waals surface area contributed by atoms with E-state index in [1.807, 2.05) is 19.9 Å². The van der Waals surface area contributed by atoms with Crippen LogP contribution >= 0.6 is 0 Å². The molecule has 1 aliphatic rings. The number of carbonyl (C=O) groups excluding carboxylic acids is 1. The zero-order valence-corrected chi connectivity index (χ0v) is 15.0. The van der Waals surface area contributed by atoms with E-state index >= 15 is 0 Å². The van der Waals surface area contributed by atoms with Crippen LogP contribution in [0.3, 0.4) is 0 Å². The standard InChI is InChI=1S/C18H25N5O2/c1-13(2)23-12-14(10-20-23)18(24)21-15-4-5-17(19-11-15)25-16-6-8-22(3)9-7-16/h4-5,10-13,16H,6-9H2,1-3H3,(H,21,24). The summed E-state index contributed by atoms with van der Waals surface area (Å²) in [5.74, 6) is 0.401. The van der Waals surface area contributed by atoms with Gasteiger partial charge in [-0.3, -0.25) is 9.48 Å². The largest absolute Gasteiger partial charge is 0.474 e. The fourth-order valence-electron chi connectivity index (χ4n) is 2.74. The summed E-state index contributed by atoms with van der Waals surface area (Å²) in [7, 11) is 2.12. The van der Waals surface area contributed by atoms with Crippen molar-refractivity contribution in [2.45, 2.75) is 38.8 Å². The fraction of sp³-hybridized carbons (Fsp3) is 0.500. The Morgan fingerprint density at radius 3 is 2.64 bits per heavy atom. The molecule has 7 heteroatoms. The van der Waals surface area contributed by atoms with Crippen molar-refractivity contribution in [1.82, 2.24) is 19.7 Å². The molecule has 2 aromatic heterocycles. The van der Waals surface area contributed by atoms with Gasteiger partial charge in [-0.25, -0.2) is 4.98 Å². The van der Waals surface area contributed by atoms with E-state index < -0.39 is 0 Å². The number of amides is 1. The van der Waals surface area contributed by atoms with E-state index in [0.717, 1.165) is 25.9 Å². The molecular formula is C18H25N5O2. The minimum Gasteiger partial charge on any atom is -0.474 e. The van der Waals surface area contributed by atoms with Gasteiger partial charge >= 0.3 is 0 Å². The van der Waals surface area contributed by atoms with Crippen LogP contribution in [0.4, 0.5) is 5.69 Å². The molecule has 1 amide bonds. The van der Waals surface area contributed by atoms with Gasteiger partial charge in [0.15, 0.2) is 0 Å². The normalized spacial score (nSPS) is 16.2. The summed E-state index contributed by atoms with van der Waals surface area (Å²) in [6.07, 6.45) is 7.17. The smallest absolute Gasteiger partial charge is 0.258 e. The maximum atomic E-state index is 12.3. The van der Waals surface area contributed by atoms with Crippen molar-refractivity contribution < 1.29 is 9.53 Å². The van der Waals surface area contributed by atoms with Gasteiger partial charge in [-0.1, -0.05) is 0 Å². The molecule has 1 N–H and O–H groups in total. The van der Waals surface area contributed by atoms with Gasteiger partial charge in [0.05, 0.1) is 23.6 Å². The van der Waals surface area contributed by atoms with Crippen LogP contribution in [0.5, 0.6) is 5.88 Å². The number of ether oxygens (including phenoxy) is 1. The maximum Gasteiger partial charge on any atom is 0.258 e. The molecule has 0 atom stereocenters. The summed E-state index contributed by atoms with van der Waals surface area (Å²) in [4.78, 5) is 18.9. The molecule has 0 spiro atoms. The Labute approximate surface area is 148 Å². The van der Waals surface area contributed by atoms with E-state index in [1.165, 1.54) is 0 Å². The van der Waals surface area contributed by atoms with E-state index in [0.29, 0.717) is 17.1 Å². The van der Waals surface area contributed by atoms with Crippen LogP contribution in [0.2, 0.25) is 0 Å². The number of carbonyl (C=O) groups is 1. The summed E-state index contributed by atoms with van der Waals surface area (Å²) in [6.45, 7) is 6.12. The Hall–Kier alpha value is -2.41. The van der Waals surface area contributed by atoms with Crippen molar-refractivity contribution in [3.05, 3.63) is 36.3 Å². The lowest BCUT2D eigenvalue weighted by Crippen LogP contribution is -2.35. The van der Waals surface area contributed by atoms with Gasteiger partial charge in [0.2, 0.25) is 5.88 Å². The SMILES string of the molecule is CC(C)n1cc(C(=O)Nc2ccc(OC3CCN(C)CC3)nc2)cn1. The topological polar surface area (TPSA) is 72.3 Å². The summed E-state index contributed by atoms with van der Waals surface area (Å²) in [5.41, 5.74) is 1.17. The Bertz CT molecular complexity index is 703. The van der Waals surface area contributed by atoms with E-state index in [2.05, 4.69) is 27.3 Å². The highest BCUT2D eigenvalue weighted by Crippen LogP contribution is 2.18.